The van der Waals surface area contributed by atoms with E-state index >= 15 is 0 Å². The fourth-order valence-corrected chi connectivity index (χ4v) is 4.25. The minimum Gasteiger partial charge on any atom is -0.494 e. The van der Waals surface area contributed by atoms with Crippen molar-refractivity contribution in [3.8, 4) is 40.3 Å². The molecule has 1 saturated heterocycles. The van der Waals surface area contributed by atoms with Gasteiger partial charge in [0.15, 0.2) is 11.6 Å². The molecule has 0 spiro atoms. The van der Waals surface area contributed by atoms with Crippen LogP contribution in [-0.2, 0) is 0 Å². The number of pyridine rings is 1. The Kier molecular flexibility index (Phi) is 6.63. The Balaban J connectivity index is 1.96. The maximum atomic E-state index is 14.6. The highest BCUT2D eigenvalue weighted by Crippen LogP contribution is 2.38. The molecule has 1 aromatic heterocycles. The summed E-state index contributed by atoms with van der Waals surface area (Å²) in [6.45, 7) is 1.78. The van der Waals surface area contributed by atoms with Crippen molar-refractivity contribution >= 4 is 0 Å². The fourth-order valence-electron chi connectivity index (χ4n) is 4.25. The quantitative estimate of drug-likeness (QED) is 0.590. The van der Waals surface area contributed by atoms with Gasteiger partial charge in [-0.15, -0.1) is 0 Å². The molecule has 1 aliphatic rings. The number of nitrogens with one attached hydrogen (secondary N) is 1. The lowest BCUT2D eigenvalue weighted by molar-refractivity contribution is 0.386. The van der Waals surface area contributed by atoms with E-state index in [2.05, 4.69) is 11.4 Å². The molecule has 1 N–H and O–H groups in total. The van der Waals surface area contributed by atoms with E-state index in [4.69, 9.17) is 15.0 Å². The average Bonchev–Trinajstić information content (AvgIpc) is 3.13. The van der Waals surface area contributed by atoms with Crippen molar-refractivity contribution in [3.05, 3.63) is 70.9 Å². The highest BCUT2D eigenvalue weighted by Gasteiger charge is 2.23. The number of aromatic nitrogens is 1. The van der Waals surface area contributed by atoms with Crippen LogP contribution in [0.2, 0.25) is 0 Å². The number of halogens is 2. The summed E-state index contributed by atoms with van der Waals surface area (Å²) in [5.41, 5.74) is 2.67. The highest BCUT2D eigenvalue weighted by molar-refractivity contribution is 5.85. The molecule has 0 bridgehead atoms. The van der Waals surface area contributed by atoms with Crippen LogP contribution in [0.1, 0.15) is 42.0 Å². The van der Waals surface area contributed by atoms with Crippen LogP contribution < -0.4 is 10.1 Å². The van der Waals surface area contributed by atoms with Crippen LogP contribution in [0.15, 0.2) is 42.5 Å². The van der Waals surface area contributed by atoms with Crippen molar-refractivity contribution in [2.75, 3.05) is 20.2 Å². The van der Waals surface area contributed by atoms with Crippen molar-refractivity contribution < 1.29 is 13.5 Å². The number of nitrogens with zero attached hydrogens (tertiary/aromatic N) is 3. The molecule has 0 radical (unpaired) electrons. The summed E-state index contributed by atoms with van der Waals surface area (Å²) < 4.78 is 34.1. The Bertz CT molecular complexity index is 1270. The van der Waals surface area contributed by atoms with Crippen LogP contribution in [0.25, 0.3) is 22.4 Å². The molecule has 33 heavy (non-hydrogen) atoms. The summed E-state index contributed by atoms with van der Waals surface area (Å²) in [6.07, 6.45) is 2.78. The van der Waals surface area contributed by atoms with Gasteiger partial charge in [0.25, 0.3) is 0 Å². The summed E-state index contributed by atoms with van der Waals surface area (Å²) in [5, 5.41) is 22.5. The molecule has 3 aromatic rings. The van der Waals surface area contributed by atoms with Gasteiger partial charge in [0.05, 0.1) is 30.0 Å². The lowest BCUT2D eigenvalue weighted by Gasteiger charge is -2.19. The van der Waals surface area contributed by atoms with Gasteiger partial charge < -0.3 is 10.1 Å². The zero-order valence-corrected chi connectivity index (χ0v) is 18.2. The first-order valence-electron chi connectivity index (χ1n) is 10.8. The first-order chi connectivity index (χ1) is 16.0. The van der Waals surface area contributed by atoms with Crippen LogP contribution in [0.5, 0.6) is 5.75 Å². The second kappa shape index (κ2) is 9.77. The van der Waals surface area contributed by atoms with E-state index in [1.54, 1.807) is 18.2 Å². The van der Waals surface area contributed by atoms with E-state index in [1.807, 2.05) is 6.07 Å². The third-order valence-corrected chi connectivity index (χ3v) is 5.96. The second-order valence-electron chi connectivity index (χ2n) is 7.96. The molecule has 5 nitrogen and oxygen atoms in total. The van der Waals surface area contributed by atoms with Crippen LogP contribution in [0, 0.1) is 34.3 Å². The smallest absolute Gasteiger partial charge is 0.165 e. The molecule has 7 heteroatoms. The molecule has 4 rings (SSSR count). The molecule has 166 valence electrons. The van der Waals surface area contributed by atoms with E-state index < -0.39 is 11.6 Å². The van der Waals surface area contributed by atoms with E-state index in [0.717, 1.165) is 38.0 Å². The van der Waals surface area contributed by atoms with Crippen molar-refractivity contribution in [2.45, 2.75) is 25.2 Å². The minimum atomic E-state index is -0.675. The third kappa shape index (κ3) is 4.55. The monoisotopic (exact) mass is 444 g/mol. The van der Waals surface area contributed by atoms with Gasteiger partial charge in [-0.2, -0.15) is 10.5 Å². The van der Waals surface area contributed by atoms with Gasteiger partial charge in [-0.1, -0.05) is 12.1 Å². The molecule has 0 amide bonds. The number of nitriles is 2. The maximum absolute atomic E-state index is 14.6. The predicted octanol–water partition coefficient (Wildman–Crippen LogP) is 5.30. The lowest BCUT2D eigenvalue weighted by atomic mass is 9.90. The number of ether oxygens (including phenoxy) is 1. The number of rotatable bonds is 4. The van der Waals surface area contributed by atoms with Crippen molar-refractivity contribution in [1.29, 1.82) is 10.5 Å². The molecule has 2 heterocycles. The Labute approximate surface area is 191 Å². The lowest BCUT2D eigenvalue weighted by Crippen LogP contribution is -2.14. The van der Waals surface area contributed by atoms with Crippen molar-refractivity contribution in [2.24, 2.45) is 0 Å². The normalized spacial score (nSPS) is 15.8. The van der Waals surface area contributed by atoms with Crippen LogP contribution in [-0.4, -0.2) is 25.2 Å². The maximum Gasteiger partial charge on any atom is 0.165 e. The zero-order chi connectivity index (χ0) is 23.4. The van der Waals surface area contributed by atoms with Crippen molar-refractivity contribution in [3.63, 3.8) is 0 Å². The topological polar surface area (TPSA) is 81.7 Å². The SMILES string of the molecule is COc1ccc(-c2c(C#N)cc(C3CCCNCC3)nc2-c2ccc(C#N)c(F)c2)cc1F. The van der Waals surface area contributed by atoms with Crippen LogP contribution in [0.3, 0.4) is 0 Å². The summed E-state index contributed by atoms with van der Waals surface area (Å²) in [4.78, 5) is 4.88. The van der Waals surface area contributed by atoms with Crippen LogP contribution in [0.4, 0.5) is 8.78 Å². The Morgan fingerprint density at radius 3 is 2.39 bits per heavy atom. The zero-order valence-electron chi connectivity index (χ0n) is 18.2. The van der Waals surface area contributed by atoms with E-state index in [1.165, 1.54) is 31.4 Å². The highest BCUT2D eigenvalue weighted by atomic mass is 19.1. The first kappa shape index (κ1) is 22.4. The molecule has 1 unspecified atom stereocenters. The molecule has 0 saturated carbocycles. The Hall–Kier alpha value is -3.81. The third-order valence-electron chi connectivity index (χ3n) is 5.96. The Morgan fingerprint density at radius 1 is 0.939 bits per heavy atom. The fraction of sp³-hybridized carbons (Fsp3) is 0.269. The van der Waals surface area contributed by atoms with E-state index in [-0.39, 0.29) is 17.2 Å². The standard InChI is InChI=1S/C26H22F2N4O/c1-33-24-7-6-17(11-22(24)28)25-20(15-30)13-23(16-3-2-9-31-10-8-16)32-26(25)18-4-5-19(14-29)21(27)12-18/h4-7,11-13,16,31H,2-3,8-10H2,1H3. The largest absolute Gasteiger partial charge is 0.494 e. The minimum absolute atomic E-state index is 0.0812. The van der Waals surface area contributed by atoms with Gasteiger partial charge >= 0.3 is 0 Å². The molecule has 2 aromatic carbocycles. The number of benzene rings is 2. The van der Waals surface area contributed by atoms with Crippen molar-refractivity contribution in [1.82, 2.24) is 10.3 Å². The molecule has 0 aliphatic carbocycles. The van der Waals surface area contributed by atoms with E-state index in [9.17, 15) is 14.0 Å². The van der Waals surface area contributed by atoms with Gasteiger partial charge in [0, 0.05) is 22.7 Å². The number of methoxy groups -OCH3 is 1. The van der Waals surface area contributed by atoms with Gasteiger partial charge in [0.2, 0.25) is 0 Å². The van der Waals surface area contributed by atoms with Crippen LogP contribution >= 0.6 is 0 Å². The molecular formula is C26H22F2N4O. The molecule has 1 aliphatic heterocycles. The summed E-state index contributed by atoms with van der Waals surface area (Å²) in [6, 6.07) is 14.5. The Morgan fingerprint density at radius 2 is 1.70 bits per heavy atom. The molecular weight excluding hydrogens is 422 g/mol. The van der Waals surface area contributed by atoms with Gasteiger partial charge in [-0.25, -0.2) is 8.78 Å². The first-order valence-corrected chi connectivity index (χ1v) is 10.8. The van der Waals surface area contributed by atoms with E-state index in [0.29, 0.717) is 27.9 Å². The number of hydrogen-bond donors (Lipinski definition) is 1. The predicted molar refractivity (Wildman–Crippen MR) is 120 cm³/mol. The van der Waals surface area contributed by atoms with Gasteiger partial charge in [-0.3, -0.25) is 4.98 Å². The molecule has 1 fully saturated rings. The van der Waals surface area contributed by atoms with Gasteiger partial charge in [0.1, 0.15) is 11.9 Å². The summed E-state index contributed by atoms with van der Waals surface area (Å²) >= 11 is 0. The summed E-state index contributed by atoms with van der Waals surface area (Å²) in [7, 11) is 1.38. The number of hydrogen-bond acceptors (Lipinski definition) is 5. The summed E-state index contributed by atoms with van der Waals surface area (Å²) in [5.74, 6) is -1.02. The second-order valence-corrected chi connectivity index (χ2v) is 7.96. The van der Waals surface area contributed by atoms with Gasteiger partial charge in [-0.05, 0) is 68.2 Å². The average molecular weight is 444 g/mol. The molecule has 1 atom stereocenters.